The number of carboxylic acid groups (broad SMARTS) is 1. The number of alkyl carbamates (subject to hydrolysis) is 1. The highest BCUT2D eigenvalue weighted by Crippen LogP contribution is 2.44. The summed E-state index contributed by atoms with van der Waals surface area (Å²) >= 11 is 0. The molecule has 0 heterocycles. The Hall–Kier alpha value is -3.35. The minimum Gasteiger partial charge on any atom is -0.481 e. The summed E-state index contributed by atoms with van der Waals surface area (Å²) < 4.78 is 5.66. The first-order chi connectivity index (χ1) is 16.3. The molecule has 0 bridgehead atoms. The van der Waals surface area contributed by atoms with Crippen LogP contribution in [0.3, 0.4) is 0 Å². The van der Waals surface area contributed by atoms with Crippen molar-refractivity contribution in [2.24, 2.45) is 5.92 Å². The summed E-state index contributed by atoms with van der Waals surface area (Å²) in [6.07, 6.45) is 1.44. The van der Waals surface area contributed by atoms with Gasteiger partial charge in [-0.3, -0.25) is 9.59 Å². The van der Waals surface area contributed by atoms with Gasteiger partial charge < -0.3 is 20.1 Å². The molecule has 34 heavy (non-hydrogen) atoms. The summed E-state index contributed by atoms with van der Waals surface area (Å²) in [4.78, 5) is 38.2. The summed E-state index contributed by atoms with van der Waals surface area (Å²) in [6, 6.07) is 15.9. The fraction of sp³-hybridized carbons (Fsp3) is 0.444. The van der Waals surface area contributed by atoms with Crippen LogP contribution in [0.15, 0.2) is 48.5 Å². The van der Waals surface area contributed by atoms with Gasteiger partial charge in [-0.1, -0.05) is 48.5 Å². The molecule has 1 unspecified atom stereocenters. The Labute approximate surface area is 200 Å². The van der Waals surface area contributed by atoms with Crippen molar-refractivity contribution >= 4 is 18.0 Å². The van der Waals surface area contributed by atoms with Gasteiger partial charge in [0, 0.05) is 31.0 Å². The Morgan fingerprint density at radius 1 is 1.03 bits per heavy atom. The largest absolute Gasteiger partial charge is 0.481 e. The van der Waals surface area contributed by atoms with Crippen molar-refractivity contribution < 1.29 is 24.2 Å². The van der Waals surface area contributed by atoms with E-state index in [1.54, 1.807) is 4.90 Å². The molecule has 2 N–H and O–H groups in total. The maximum Gasteiger partial charge on any atom is 0.407 e. The number of hydrogen-bond donors (Lipinski definition) is 2. The van der Waals surface area contributed by atoms with Gasteiger partial charge in [0.2, 0.25) is 5.91 Å². The molecule has 0 radical (unpaired) electrons. The molecule has 2 aromatic rings. The number of carboxylic acids is 1. The van der Waals surface area contributed by atoms with Crippen LogP contribution in [0.1, 0.15) is 56.6 Å². The van der Waals surface area contributed by atoms with E-state index in [2.05, 4.69) is 29.6 Å². The average Bonchev–Trinajstić information content (AvgIpc) is 3.60. The number of rotatable bonds is 10. The van der Waals surface area contributed by atoms with Crippen molar-refractivity contribution in [3.8, 4) is 11.1 Å². The van der Waals surface area contributed by atoms with Crippen molar-refractivity contribution in [2.75, 3.05) is 13.2 Å². The predicted octanol–water partition coefficient (Wildman–Crippen LogP) is 4.41. The second kappa shape index (κ2) is 10.3. The second-order valence-corrected chi connectivity index (χ2v) is 9.44. The molecule has 1 saturated carbocycles. The van der Waals surface area contributed by atoms with E-state index in [1.807, 2.05) is 38.1 Å². The molecule has 1 atom stereocenters. The highest BCUT2D eigenvalue weighted by Gasteiger charge is 2.36. The molecule has 0 aromatic heterocycles. The molecule has 2 aliphatic carbocycles. The van der Waals surface area contributed by atoms with Gasteiger partial charge in [0.1, 0.15) is 6.61 Å². The normalized spacial score (nSPS) is 15.4. The topological polar surface area (TPSA) is 95.9 Å². The van der Waals surface area contributed by atoms with E-state index in [4.69, 9.17) is 9.84 Å². The molecule has 7 nitrogen and oxygen atoms in total. The minimum absolute atomic E-state index is 0.0217. The zero-order valence-corrected chi connectivity index (χ0v) is 19.7. The summed E-state index contributed by atoms with van der Waals surface area (Å²) in [7, 11) is 0. The standard InChI is InChI=1S/C27H32N2O5/c1-17(2)29(14-13-26(31)32)25(30)15-24(18-11-12-18)28-27(33)34-16-23-21-9-5-3-7-19(21)20-8-4-6-10-22(20)23/h3-10,17-18,23-24H,11-16H2,1-2H3,(H,28,33)(H,31,32). The van der Waals surface area contributed by atoms with Gasteiger partial charge >= 0.3 is 12.1 Å². The van der Waals surface area contributed by atoms with Crippen LogP contribution in [0, 0.1) is 5.92 Å². The zero-order valence-electron chi connectivity index (χ0n) is 19.7. The molecule has 1 fully saturated rings. The summed E-state index contributed by atoms with van der Waals surface area (Å²) in [5.41, 5.74) is 4.64. The lowest BCUT2D eigenvalue weighted by Gasteiger charge is -2.28. The SMILES string of the molecule is CC(C)N(CCC(=O)O)C(=O)CC(NC(=O)OCC1c2ccccc2-c2ccccc21)C1CC1. The summed E-state index contributed by atoms with van der Waals surface area (Å²) in [5, 5.41) is 11.9. The number of carbonyl (C=O) groups excluding carboxylic acids is 2. The smallest absolute Gasteiger partial charge is 0.407 e. The van der Waals surface area contributed by atoms with E-state index in [-0.39, 0.29) is 55.8 Å². The van der Waals surface area contributed by atoms with Gasteiger partial charge in [0.05, 0.1) is 6.42 Å². The number of ether oxygens (including phenoxy) is 1. The van der Waals surface area contributed by atoms with Crippen LogP contribution in [-0.2, 0) is 14.3 Å². The fourth-order valence-corrected chi connectivity index (χ4v) is 4.82. The van der Waals surface area contributed by atoms with Crippen LogP contribution in [0.5, 0.6) is 0 Å². The van der Waals surface area contributed by atoms with E-state index in [9.17, 15) is 14.4 Å². The van der Waals surface area contributed by atoms with Crippen molar-refractivity contribution in [1.82, 2.24) is 10.2 Å². The Balaban J connectivity index is 1.37. The van der Waals surface area contributed by atoms with E-state index >= 15 is 0 Å². The van der Waals surface area contributed by atoms with Gasteiger partial charge in [0.15, 0.2) is 0 Å². The third-order valence-corrected chi connectivity index (χ3v) is 6.74. The molecule has 0 saturated heterocycles. The second-order valence-electron chi connectivity index (χ2n) is 9.44. The third-order valence-electron chi connectivity index (χ3n) is 6.74. The maximum absolute atomic E-state index is 12.9. The van der Waals surface area contributed by atoms with Crippen LogP contribution < -0.4 is 5.32 Å². The molecule has 180 valence electrons. The van der Waals surface area contributed by atoms with Crippen LogP contribution in [0.4, 0.5) is 4.79 Å². The molecular formula is C27H32N2O5. The first kappa shape index (κ1) is 23.8. The summed E-state index contributed by atoms with van der Waals surface area (Å²) in [5.74, 6) is -0.856. The monoisotopic (exact) mass is 464 g/mol. The van der Waals surface area contributed by atoms with Crippen molar-refractivity contribution in [3.63, 3.8) is 0 Å². The quantitative estimate of drug-likeness (QED) is 0.543. The lowest BCUT2D eigenvalue weighted by Crippen LogP contribution is -2.45. The Bertz CT molecular complexity index is 1020. The third kappa shape index (κ3) is 5.41. The van der Waals surface area contributed by atoms with Gasteiger partial charge in [-0.25, -0.2) is 4.79 Å². The van der Waals surface area contributed by atoms with Gasteiger partial charge in [-0.2, -0.15) is 0 Å². The number of hydrogen-bond acceptors (Lipinski definition) is 4. The predicted molar refractivity (Wildman–Crippen MR) is 128 cm³/mol. The first-order valence-corrected chi connectivity index (χ1v) is 12.0. The van der Waals surface area contributed by atoms with Crippen molar-refractivity contribution in [3.05, 3.63) is 59.7 Å². The van der Waals surface area contributed by atoms with Gasteiger partial charge in [-0.15, -0.1) is 0 Å². The number of nitrogens with zero attached hydrogens (tertiary/aromatic N) is 1. The van der Waals surface area contributed by atoms with E-state index in [1.165, 1.54) is 11.1 Å². The Kier molecular flexibility index (Phi) is 7.20. The first-order valence-electron chi connectivity index (χ1n) is 12.0. The number of benzene rings is 2. The lowest BCUT2D eigenvalue weighted by molar-refractivity contribution is -0.139. The highest BCUT2D eigenvalue weighted by atomic mass is 16.5. The van der Waals surface area contributed by atoms with Crippen LogP contribution in [0.25, 0.3) is 11.1 Å². The summed E-state index contributed by atoms with van der Waals surface area (Å²) in [6.45, 7) is 4.12. The molecule has 7 heteroatoms. The fourth-order valence-electron chi connectivity index (χ4n) is 4.82. The van der Waals surface area contributed by atoms with E-state index in [0.717, 1.165) is 24.0 Å². The van der Waals surface area contributed by atoms with E-state index in [0.29, 0.717) is 0 Å². The van der Waals surface area contributed by atoms with Gasteiger partial charge in [0.25, 0.3) is 0 Å². The zero-order chi connectivity index (χ0) is 24.2. The molecule has 4 rings (SSSR count). The molecule has 0 spiro atoms. The minimum atomic E-state index is -0.936. The highest BCUT2D eigenvalue weighted by molar-refractivity contribution is 5.80. The molecular weight excluding hydrogens is 432 g/mol. The average molecular weight is 465 g/mol. The molecule has 2 aliphatic rings. The number of amides is 2. The van der Waals surface area contributed by atoms with Crippen LogP contribution in [0.2, 0.25) is 0 Å². The lowest BCUT2D eigenvalue weighted by atomic mass is 9.98. The molecule has 0 aliphatic heterocycles. The number of aliphatic carboxylic acids is 1. The van der Waals surface area contributed by atoms with Crippen LogP contribution >= 0.6 is 0 Å². The number of nitrogens with one attached hydrogen (secondary N) is 1. The Morgan fingerprint density at radius 3 is 2.15 bits per heavy atom. The van der Waals surface area contributed by atoms with E-state index < -0.39 is 12.1 Å². The van der Waals surface area contributed by atoms with Crippen molar-refractivity contribution in [2.45, 2.75) is 57.5 Å². The van der Waals surface area contributed by atoms with Crippen molar-refractivity contribution in [1.29, 1.82) is 0 Å². The number of carbonyl (C=O) groups is 3. The molecule has 2 aromatic carbocycles. The maximum atomic E-state index is 12.9. The van der Waals surface area contributed by atoms with Gasteiger partial charge in [-0.05, 0) is 54.9 Å². The number of fused-ring (bicyclic) bond motifs is 3. The molecule has 2 amide bonds. The van der Waals surface area contributed by atoms with Crippen LogP contribution in [-0.4, -0.2) is 53.2 Å². The Morgan fingerprint density at radius 2 is 1.62 bits per heavy atom.